The molecule has 2 nitrogen and oxygen atoms in total. The quantitative estimate of drug-likeness (QED) is 0.797. The minimum atomic E-state index is -4.39. The molecule has 0 aromatic heterocycles. The van der Waals surface area contributed by atoms with E-state index in [4.69, 9.17) is 11.6 Å². The van der Waals surface area contributed by atoms with E-state index >= 15 is 0 Å². The van der Waals surface area contributed by atoms with Crippen molar-refractivity contribution in [2.45, 2.75) is 19.1 Å². The van der Waals surface area contributed by atoms with E-state index in [2.05, 4.69) is 5.32 Å². The molecule has 2 N–H and O–H groups in total. The van der Waals surface area contributed by atoms with Gasteiger partial charge in [0.2, 0.25) is 0 Å². The minimum Gasteiger partial charge on any atom is -0.508 e. The second-order valence-corrected chi connectivity index (χ2v) is 5.29. The van der Waals surface area contributed by atoms with E-state index in [0.29, 0.717) is 18.7 Å². The summed E-state index contributed by atoms with van der Waals surface area (Å²) >= 11 is 5.78. The van der Waals surface area contributed by atoms with Crippen LogP contribution >= 0.6 is 11.6 Å². The third kappa shape index (κ3) is 4.39. The molecular formula is C16H15ClF3NO. The standard InChI is InChI=1S/C16H15ClF3NO/c17-13-5-6-14(16(18,19)20)11(9-13)7-8-21-10-12-3-1-2-4-15(12)22/h1-6,9,21-22H,7-8,10H2. The van der Waals surface area contributed by atoms with Crippen molar-refractivity contribution in [1.82, 2.24) is 5.32 Å². The molecule has 0 unspecified atom stereocenters. The lowest BCUT2D eigenvalue weighted by atomic mass is 10.0. The van der Waals surface area contributed by atoms with E-state index in [1.807, 2.05) is 0 Å². The number of nitrogens with one attached hydrogen (secondary N) is 1. The second kappa shape index (κ2) is 7.03. The molecule has 0 heterocycles. The van der Waals surface area contributed by atoms with Crippen molar-refractivity contribution < 1.29 is 18.3 Å². The predicted octanol–water partition coefficient (Wildman–Crippen LogP) is 4.40. The molecule has 0 aliphatic carbocycles. The second-order valence-electron chi connectivity index (χ2n) is 4.85. The Morgan fingerprint density at radius 2 is 1.77 bits per heavy atom. The Morgan fingerprint density at radius 3 is 2.45 bits per heavy atom. The first-order valence-electron chi connectivity index (χ1n) is 6.71. The zero-order valence-electron chi connectivity index (χ0n) is 11.6. The molecule has 2 aromatic rings. The van der Waals surface area contributed by atoms with Crippen LogP contribution in [0.25, 0.3) is 0 Å². The fraction of sp³-hybridized carbons (Fsp3) is 0.250. The molecule has 0 radical (unpaired) electrons. The maximum absolute atomic E-state index is 12.9. The van der Waals surface area contributed by atoms with E-state index in [1.165, 1.54) is 12.1 Å². The SMILES string of the molecule is Oc1ccccc1CNCCc1cc(Cl)ccc1C(F)(F)F. The van der Waals surface area contributed by atoms with Gasteiger partial charge in [-0.05, 0) is 42.8 Å². The fourth-order valence-electron chi connectivity index (χ4n) is 2.15. The van der Waals surface area contributed by atoms with Crippen molar-refractivity contribution in [1.29, 1.82) is 0 Å². The van der Waals surface area contributed by atoms with Crippen LogP contribution in [0.15, 0.2) is 42.5 Å². The van der Waals surface area contributed by atoms with E-state index in [9.17, 15) is 18.3 Å². The van der Waals surface area contributed by atoms with Crippen molar-refractivity contribution in [2.24, 2.45) is 0 Å². The summed E-state index contributed by atoms with van der Waals surface area (Å²) in [5.41, 5.74) is 0.190. The Hall–Kier alpha value is -1.72. The van der Waals surface area contributed by atoms with Crippen LogP contribution in [0.5, 0.6) is 5.75 Å². The minimum absolute atomic E-state index is 0.157. The molecule has 0 aliphatic rings. The van der Waals surface area contributed by atoms with Gasteiger partial charge in [-0.1, -0.05) is 29.8 Å². The first kappa shape index (κ1) is 16.6. The Bertz CT molecular complexity index is 644. The maximum atomic E-state index is 12.9. The number of rotatable bonds is 5. The average Bonchev–Trinajstić information content (AvgIpc) is 2.44. The third-order valence-corrected chi connectivity index (χ3v) is 3.49. The van der Waals surface area contributed by atoms with Crippen LogP contribution in [0.3, 0.4) is 0 Å². The summed E-state index contributed by atoms with van der Waals surface area (Å²) in [5, 5.41) is 12.9. The molecule has 0 amide bonds. The van der Waals surface area contributed by atoms with Gasteiger partial charge in [0.05, 0.1) is 5.56 Å². The van der Waals surface area contributed by atoms with Crippen LogP contribution < -0.4 is 5.32 Å². The number of halogens is 4. The Morgan fingerprint density at radius 1 is 1.05 bits per heavy atom. The van der Waals surface area contributed by atoms with E-state index in [-0.39, 0.29) is 22.8 Å². The summed E-state index contributed by atoms with van der Waals surface area (Å²) in [4.78, 5) is 0. The van der Waals surface area contributed by atoms with Crippen molar-refractivity contribution in [3.8, 4) is 5.75 Å². The van der Waals surface area contributed by atoms with Crippen LogP contribution in [0.1, 0.15) is 16.7 Å². The number of para-hydroxylation sites is 1. The average molecular weight is 330 g/mol. The van der Waals surface area contributed by atoms with Gasteiger partial charge in [0.15, 0.2) is 0 Å². The van der Waals surface area contributed by atoms with Crippen molar-refractivity contribution >= 4 is 11.6 Å². The van der Waals surface area contributed by atoms with E-state index < -0.39 is 11.7 Å². The highest BCUT2D eigenvalue weighted by Gasteiger charge is 2.32. The number of phenolic OH excluding ortho intramolecular Hbond substituents is 1. The number of hydrogen-bond donors (Lipinski definition) is 2. The first-order chi connectivity index (χ1) is 10.4. The third-order valence-electron chi connectivity index (χ3n) is 3.25. The van der Waals surface area contributed by atoms with Gasteiger partial charge < -0.3 is 10.4 Å². The maximum Gasteiger partial charge on any atom is 0.416 e. The number of aromatic hydroxyl groups is 1. The van der Waals surface area contributed by atoms with Gasteiger partial charge in [-0.2, -0.15) is 13.2 Å². The zero-order chi connectivity index (χ0) is 16.2. The van der Waals surface area contributed by atoms with Gasteiger partial charge in [-0.25, -0.2) is 0 Å². The number of hydrogen-bond acceptors (Lipinski definition) is 2. The van der Waals surface area contributed by atoms with Crippen LogP contribution in [-0.4, -0.2) is 11.7 Å². The van der Waals surface area contributed by atoms with Gasteiger partial charge in [-0.15, -0.1) is 0 Å². The van der Waals surface area contributed by atoms with Crippen molar-refractivity contribution in [3.63, 3.8) is 0 Å². The van der Waals surface area contributed by atoms with Gasteiger partial charge >= 0.3 is 6.18 Å². The summed E-state index contributed by atoms with van der Waals surface area (Å²) in [6.45, 7) is 0.729. The first-order valence-corrected chi connectivity index (χ1v) is 7.09. The zero-order valence-corrected chi connectivity index (χ0v) is 12.4. The predicted molar refractivity (Wildman–Crippen MR) is 80.0 cm³/mol. The highest BCUT2D eigenvalue weighted by Crippen LogP contribution is 2.33. The van der Waals surface area contributed by atoms with Crippen LogP contribution in [-0.2, 0) is 19.1 Å². The van der Waals surface area contributed by atoms with Gasteiger partial charge in [-0.3, -0.25) is 0 Å². The lowest BCUT2D eigenvalue weighted by Crippen LogP contribution is -2.19. The molecule has 6 heteroatoms. The summed E-state index contributed by atoms with van der Waals surface area (Å²) in [6.07, 6.45) is -4.19. The molecule has 0 saturated heterocycles. The molecule has 0 aliphatic heterocycles. The highest BCUT2D eigenvalue weighted by molar-refractivity contribution is 6.30. The summed E-state index contributed by atoms with van der Waals surface area (Å²) in [5.74, 6) is 0.161. The molecule has 22 heavy (non-hydrogen) atoms. The summed E-state index contributed by atoms with van der Waals surface area (Å²) in [6, 6.07) is 10.4. The van der Waals surface area contributed by atoms with Crippen LogP contribution in [0, 0.1) is 0 Å². The van der Waals surface area contributed by atoms with Crippen LogP contribution in [0.2, 0.25) is 5.02 Å². The lowest BCUT2D eigenvalue weighted by Gasteiger charge is -2.13. The molecule has 118 valence electrons. The molecule has 0 spiro atoms. The van der Waals surface area contributed by atoms with Crippen LogP contribution in [0.4, 0.5) is 13.2 Å². The highest BCUT2D eigenvalue weighted by atomic mass is 35.5. The molecule has 0 bridgehead atoms. The van der Waals surface area contributed by atoms with E-state index in [1.54, 1.807) is 24.3 Å². The number of phenols is 1. The van der Waals surface area contributed by atoms with Gasteiger partial charge in [0, 0.05) is 17.1 Å². The largest absolute Gasteiger partial charge is 0.508 e. The summed E-state index contributed by atoms with van der Waals surface area (Å²) < 4.78 is 38.7. The number of alkyl halides is 3. The fourth-order valence-corrected chi connectivity index (χ4v) is 2.35. The van der Waals surface area contributed by atoms with E-state index in [0.717, 1.165) is 6.07 Å². The molecule has 2 rings (SSSR count). The Labute approximate surface area is 131 Å². The smallest absolute Gasteiger partial charge is 0.416 e. The van der Waals surface area contributed by atoms with Gasteiger partial charge in [0.25, 0.3) is 0 Å². The molecule has 0 atom stereocenters. The molecular weight excluding hydrogens is 315 g/mol. The lowest BCUT2D eigenvalue weighted by molar-refractivity contribution is -0.138. The topological polar surface area (TPSA) is 32.3 Å². The molecule has 0 fully saturated rings. The Balaban J connectivity index is 1.97. The molecule has 2 aromatic carbocycles. The van der Waals surface area contributed by atoms with Gasteiger partial charge in [0.1, 0.15) is 5.75 Å². The Kier molecular flexibility index (Phi) is 5.32. The normalized spacial score (nSPS) is 11.6. The number of benzene rings is 2. The monoisotopic (exact) mass is 329 g/mol. The van der Waals surface area contributed by atoms with Crippen molar-refractivity contribution in [3.05, 3.63) is 64.2 Å². The van der Waals surface area contributed by atoms with Crippen molar-refractivity contribution in [2.75, 3.05) is 6.54 Å². The molecule has 0 saturated carbocycles. The summed E-state index contributed by atoms with van der Waals surface area (Å²) in [7, 11) is 0.